The molecule has 2 aromatic rings. The number of nitrogens with one attached hydrogen (secondary N) is 1. The van der Waals surface area contributed by atoms with E-state index in [-0.39, 0.29) is 10.6 Å². The molecule has 1 fully saturated rings. The van der Waals surface area contributed by atoms with E-state index in [4.69, 9.17) is 17.5 Å². The molecule has 0 atom stereocenters. The third kappa shape index (κ3) is 3.87. The van der Waals surface area contributed by atoms with Gasteiger partial charge in [0.2, 0.25) is 0 Å². The molecular formula is C17H20ClFN4O2S. The maximum atomic E-state index is 13.0. The quantitative estimate of drug-likeness (QED) is 0.611. The Bertz CT molecular complexity index is 869. The van der Waals surface area contributed by atoms with Crippen molar-refractivity contribution in [3.05, 3.63) is 48.3 Å². The lowest BCUT2D eigenvalue weighted by Gasteiger charge is -2.24. The number of anilines is 3. The van der Waals surface area contributed by atoms with Crippen LogP contribution in [0.4, 0.5) is 21.5 Å². The first-order valence-corrected chi connectivity index (χ1v) is 9.99. The Morgan fingerprint density at radius 1 is 1.12 bits per heavy atom. The maximum absolute atomic E-state index is 13.0. The Labute approximate surface area is 157 Å². The number of nitrogens with zero attached hydrogens (tertiary/aromatic N) is 2. The van der Waals surface area contributed by atoms with E-state index in [0.29, 0.717) is 9.51 Å². The van der Waals surface area contributed by atoms with E-state index < -0.39 is 15.8 Å². The van der Waals surface area contributed by atoms with Crippen LogP contribution < -0.4 is 19.8 Å². The summed E-state index contributed by atoms with van der Waals surface area (Å²) in [5.41, 5.74) is 7.44. The minimum absolute atomic E-state index is 0.0222. The lowest BCUT2D eigenvalue weighted by Crippen LogP contribution is -2.28. The molecule has 3 N–H and O–H groups in total. The molecule has 0 aliphatic carbocycles. The third-order valence-corrected chi connectivity index (χ3v) is 6.44. The Morgan fingerprint density at radius 3 is 2.54 bits per heavy atom. The van der Waals surface area contributed by atoms with E-state index in [0.717, 1.165) is 50.4 Å². The van der Waals surface area contributed by atoms with E-state index in [1.165, 1.54) is 24.3 Å². The van der Waals surface area contributed by atoms with E-state index in [9.17, 15) is 12.8 Å². The normalized spacial score (nSPS) is 15.5. The number of nitrogens with two attached hydrogens (primary N) is 1. The number of rotatable bonds is 4. The largest absolute Gasteiger partial charge is 0.397 e. The molecule has 1 saturated heterocycles. The van der Waals surface area contributed by atoms with Gasteiger partial charge >= 0.3 is 0 Å². The smallest absolute Gasteiger partial charge is 0.278 e. The topological polar surface area (TPSA) is 78.7 Å². The van der Waals surface area contributed by atoms with Crippen molar-refractivity contribution in [2.75, 3.05) is 40.6 Å². The molecule has 0 aromatic heterocycles. The number of benzene rings is 2. The highest BCUT2D eigenvalue weighted by atomic mass is 35.5. The van der Waals surface area contributed by atoms with E-state index in [1.54, 1.807) is 6.07 Å². The Kier molecular flexibility index (Phi) is 5.55. The van der Waals surface area contributed by atoms with E-state index in [2.05, 4.69) is 10.2 Å². The van der Waals surface area contributed by atoms with Gasteiger partial charge in [-0.25, -0.2) is 4.39 Å². The van der Waals surface area contributed by atoms with Crippen LogP contribution in [0.3, 0.4) is 0 Å². The van der Waals surface area contributed by atoms with Gasteiger partial charge in [0.15, 0.2) is 0 Å². The van der Waals surface area contributed by atoms with Gasteiger partial charge in [0, 0.05) is 31.4 Å². The minimum atomic E-state index is -4.02. The summed E-state index contributed by atoms with van der Waals surface area (Å²) in [6.07, 6.45) is 0.986. The van der Waals surface area contributed by atoms with Crippen LogP contribution in [0.25, 0.3) is 0 Å². The van der Waals surface area contributed by atoms with Crippen LogP contribution in [-0.2, 0) is 10.0 Å². The van der Waals surface area contributed by atoms with Crippen LogP contribution in [0.5, 0.6) is 0 Å². The molecule has 0 amide bonds. The van der Waals surface area contributed by atoms with Crippen LogP contribution in [-0.4, -0.2) is 34.6 Å². The average molecular weight is 399 g/mol. The van der Waals surface area contributed by atoms with Crippen molar-refractivity contribution in [1.82, 2.24) is 5.32 Å². The summed E-state index contributed by atoms with van der Waals surface area (Å²) in [7, 11) is -4.02. The highest BCUT2D eigenvalue weighted by Crippen LogP contribution is 2.31. The van der Waals surface area contributed by atoms with Gasteiger partial charge in [-0.05, 0) is 55.4 Å². The van der Waals surface area contributed by atoms with Crippen molar-refractivity contribution < 1.29 is 12.8 Å². The van der Waals surface area contributed by atoms with Gasteiger partial charge in [-0.15, -0.1) is 0 Å². The van der Waals surface area contributed by atoms with Gasteiger partial charge < -0.3 is 16.0 Å². The highest BCUT2D eigenvalue weighted by molar-refractivity contribution is 7.94. The van der Waals surface area contributed by atoms with E-state index in [1.807, 2.05) is 0 Å². The highest BCUT2D eigenvalue weighted by Gasteiger charge is 2.25. The minimum Gasteiger partial charge on any atom is -0.397 e. The van der Waals surface area contributed by atoms with Crippen LogP contribution in [0.2, 0.25) is 0 Å². The summed E-state index contributed by atoms with van der Waals surface area (Å²) in [6, 6.07) is 9.46. The number of nitrogen functional groups attached to an aromatic ring is 1. The van der Waals surface area contributed by atoms with Crippen molar-refractivity contribution in [3.8, 4) is 0 Å². The maximum Gasteiger partial charge on any atom is 0.278 e. The molecular weight excluding hydrogens is 379 g/mol. The van der Waals surface area contributed by atoms with Crippen LogP contribution in [0.15, 0.2) is 47.4 Å². The second kappa shape index (κ2) is 7.69. The number of halogens is 2. The van der Waals surface area contributed by atoms with Gasteiger partial charge in [0.1, 0.15) is 5.82 Å². The molecule has 0 saturated carbocycles. The standard InChI is InChI=1S/C17H20ClFN4O2S/c18-23(14-4-2-13(19)3-5-14)26(24,25)15-6-7-17(16(20)12-15)22-10-1-8-21-9-11-22/h2-7,12,21H,1,8-11,20H2. The lowest BCUT2D eigenvalue weighted by molar-refractivity contribution is 0.597. The fourth-order valence-electron chi connectivity index (χ4n) is 2.86. The van der Waals surface area contributed by atoms with Gasteiger partial charge in [-0.3, -0.25) is 0 Å². The summed E-state index contributed by atoms with van der Waals surface area (Å²) in [5.74, 6) is -0.475. The second-order valence-electron chi connectivity index (χ2n) is 6.01. The molecule has 1 aliphatic rings. The molecule has 0 radical (unpaired) electrons. The Morgan fingerprint density at radius 2 is 1.85 bits per heavy atom. The van der Waals surface area contributed by atoms with E-state index >= 15 is 0 Å². The van der Waals surface area contributed by atoms with Crippen molar-refractivity contribution in [1.29, 1.82) is 0 Å². The number of hydrogen-bond acceptors (Lipinski definition) is 5. The molecule has 140 valence electrons. The zero-order chi connectivity index (χ0) is 18.7. The number of sulfonamides is 1. The van der Waals surface area contributed by atoms with Crippen molar-refractivity contribution in [2.24, 2.45) is 0 Å². The average Bonchev–Trinajstić information content (AvgIpc) is 2.91. The van der Waals surface area contributed by atoms with Crippen LogP contribution in [0.1, 0.15) is 6.42 Å². The molecule has 1 aliphatic heterocycles. The molecule has 1 heterocycles. The SMILES string of the molecule is Nc1cc(S(=O)(=O)N(Cl)c2ccc(F)cc2)ccc1N1CCCNCC1. The first kappa shape index (κ1) is 18.8. The molecule has 6 nitrogen and oxygen atoms in total. The Balaban J connectivity index is 1.88. The van der Waals surface area contributed by atoms with Gasteiger partial charge in [0.25, 0.3) is 10.0 Å². The molecule has 3 rings (SSSR count). The summed E-state index contributed by atoms with van der Waals surface area (Å²) in [5, 5.41) is 3.31. The zero-order valence-corrected chi connectivity index (χ0v) is 15.6. The lowest BCUT2D eigenvalue weighted by atomic mass is 10.2. The van der Waals surface area contributed by atoms with Crippen LogP contribution in [0, 0.1) is 5.82 Å². The van der Waals surface area contributed by atoms with Gasteiger partial charge in [0.05, 0.1) is 22.0 Å². The fourth-order valence-corrected chi connectivity index (χ4v) is 4.31. The predicted octanol–water partition coefficient (Wildman–Crippen LogP) is 2.56. The molecule has 2 aromatic carbocycles. The molecule has 26 heavy (non-hydrogen) atoms. The fraction of sp³-hybridized carbons (Fsp3) is 0.294. The monoisotopic (exact) mass is 398 g/mol. The number of hydrogen-bond donors (Lipinski definition) is 2. The third-order valence-electron chi connectivity index (χ3n) is 4.22. The van der Waals surface area contributed by atoms with Crippen LogP contribution >= 0.6 is 11.8 Å². The first-order valence-electron chi connectivity index (χ1n) is 8.21. The zero-order valence-electron chi connectivity index (χ0n) is 14.0. The van der Waals surface area contributed by atoms with Crippen molar-refractivity contribution in [3.63, 3.8) is 0 Å². The Hall–Kier alpha value is -2.03. The summed E-state index contributed by atoms with van der Waals surface area (Å²) < 4.78 is 39.1. The second-order valence-corrected chi connectivity index (χ2v) is 8.33. The van der Waals surface area contributed by atoms with Gasteiger partial charge in [-0.1, -0.05) is 0 Å². The van der Waals surface area contributed by atoms with Crippen molar-refractivity contribution >= 4 is 38.9 Å². The summed E-state index contributed by atoms with van der Waals surface area (Å²) in [6.45, 7) is 3.44. The molecule has 9 heteroatoms. The molecule has 0 unspecified atom stereocenters. The first-order chi connectivity index (χ1) is 12.4. The summed E-state index contributed by atoms with van der Waals surface area (Å²) in [4.78, 5) is 2.11. The molecule has 0 spiro atoms. The predicted molar refractivity (Wildman–Crippen MR) is 102 cm³/mol. The van der Waals surface area contributed by atoms with Gasteiger partial charge in [-0.2, -0.15) is 12.2 Å². The molecule has 0 bridgehead atoms. The van der Waals surface area contributed by atoms with Crippen molar-refractivity contribution in [2.45, 2.75) is 11.3 Å². The summed E-state index contributed by atoms with van der Waals surface area (Å²) >= 11 is 6.01.